The molecule has 8 rings (SSSR count). The molecule has 2 unspecified atom stereocenters. The third-order valence-electron chi connectivity index (χ3n) is 11.8. The third kappa shape index (κ3) is 7.48. The SMILES string of the molecule is COC(=O)N[C@H](C(=O)N1C2CC2C[C@H]1c1nc2c(ccc3cc(C#Cc4ccc5c(ccc6[nH]c([C@H](CC(C)C)N(C)C(=O)CC(C)C)nc65)c4)ccc32)[nH]1)C(C)C. The fourth-order valence-electron chi connectivity index (χ4n) is 8.70. The molecule has 1 aliphatic heterocycles. The fourth-order valence-corrected chi connectivity index (χ4v) is 8.70. The smallest absolute Gasteiger partial charge is 0.407 e. The van der Waals surface area contributed by atoms with E-state index in [-0.39, 0.29) is 41.8 Å². The molecular weight excluding hydrogens is 727 g/mol. The number of piperidine rings is 1. The van der Waals surface area contributed by atoms with Crippen LogP contribution in [-0.4, -0.2) is 73.9 Å². The van der Waals surface area contributed by atoms with Gasteiger partial charge in [0.15, 0.2) is 0 Å². The number of rotatable bonds is 10. The van der Waals surface area contributed by atoms with E-state index in [4.69, 9.17) is 14.7 Å². The summed E-state index contributed by atoms with van der Waals surface area (Å²) in [5.41, 5.74) is 5.42. The number of fused-ring (bicyclic) bond motifs is 7. The lowest BCUT2D eigenvalue weighted by molar-refractivity contribution is -0.136. The van der Waals surface area contributed by atoms with Gasteiger partial charge in [-0.15, -0.1) is 0 Å². The monoisotopic (exact) mass is 779 g/mol. The first kappa shape index (κ1) is 39.0. The first-order valence-electron chi connectivity index (χ1n) is 20.6. The van der Waals surface area contributed by atoms with Crippen molar-refractivity contribution in [1.29, 1.82) is 0 Å². The first-order valence-corrected chi connectivity index (χ1v) is 20.6. The standard InChI is InChI=1S/C47H53N7O4/c1-25(2)19-38(53(7)40(55)20-26(3)4)44-48-35-17-13-30-21-28(11-15-33(30)42(35)50-44)9-10-29-12-16-34-31(22-29)14-18-36-43(34)51-45(49-36)39-24-32-23-37(32)54(39)46(56)41(27(5)6)52-47(57)58-8/h11-18,21-22,25-27,32,37-39,41H,19-20,23-24H2,1-8H3,(H,48,50)(H,49,51)(H,52,57)/t32?,37?,38-,39-,41-/m0/s1. The molecule has 3 N–H and O–H groups in total. The summed E-state index contributed by atoms with van der Waals surface area (Å²) in [6.07, 6.45) is 2.54. The Morgan fingerprint density at radius 1 is 0.845 bits per heavy atom. The van der Waals surface area contributed by atoms with Crippen molar-refractivity contribution >= 4 is 61.5 Å². The summed E-state index contributed by atoms with van der Waals surface area (Å²) in [4.78, 5) is 60.2. The molecule has 2 fully saturated rings. The van der Waals surface area contributed by atoms with Crippen molar-refractivity contribution in [3.05, 3.63) is 83.4 Å². The number of likely N-dealkylation sites (tertiary alicyclic amines) is 1. The second-order valence-corrected chi connectivity index (χ2v) is 17.5. The second-order valence-electron chi connectivity index (χ2n) is 17.5. The van der Waals surface area contributed by atoms with Crippen molar-refractivity contribution in [2.45, 2.75) is 91.4 Å². The summed E-state index contributed by atoms with van der Waals surface area (Å²) in [7, 11) is 3.20. The third-order valence-corrected chi connectivity index (χ3v) is 11.8. The number of H-pyrrole nitrogens is 2. The van der Waals surface area contributed by atoms with Crippen molar-refractivity contribution < 1.29 is 19.1 Å². The van der Waals surface area contributed by atoms with E-state index >= 15 is 0 Å². The molecule has 4 aromatic carbocycles. The molecule has 58 heavy (non-hydrogen) atoms. The number of alkyl carbamates (subject to hydrolysis) is 1. The normalized spacial score (nSPS) is 18.5. The van der Waals surface area contributed by atoms with Crippen molar-refractivity contribution in [2.75, 3.05) is 14.2 Å². The number of nitrogens with zero attached hydrogens (tertiary/aromatic N) is 4. The van der Waals surface area contributed by atoms with Crippen LogP contribution in [0.5, 0.6) is 0 Å². The molecular formula is C47H53N7O4. The molecule has 2 aromatic heterocycles. The Morgan fingerprint density at radius 2 is 1.47 bits per heavy atom. The quantitative estimate of drug-likeness (QED) is 0.119. The zero-order valence-corrected chi connectivity index (χ0v) is 34.6. The molecule has 0 radical (unpaired) electrons. The van der Waals surface area contributed by atoms with Crippen molar-refractivity contribution in [2.24, 2.45) is 23.7 Å². The number of hydrogen-bond acceptors (Lipinski definition) is 6. The van der Waals surface area contributed by atoms with Crippen LogP contribution in [-0.2, 0) is 14.3 Å². The van der Waals surface area contributed by atoms with Crippen LogP contribution in [0.3, 0.4) is 0 Å². The largest absolute Gasteiger partial charge is 0.453 e. The highest BCUT2D eigenvalue weighted by Gasteiger charge is 2.56. The van der Waals surface area contributed by atoms with Gasteiger partial charge >= 0.3 is 6.09 Å². The molecule has 11 nitrogen and oxygen atoms in total. The Bertz CT molecular complexity index is 2630. The number of amides is 3. The lowest BCUT2D eigenvalue weighted by Crippen LogP contribution is -2.52. The lowest BCUT2D eigenvalue weighted by Gasteiger charge is -2.31. The number of carbonyl (C=O) groups excluding carboxylic acids is 3. The Morgan fingerprint density at radius 3 is 2.05 bits per heavy atom. The summed E-state index contributed by atoms with van der Waals surface area (Å²) in [6.45, 7) is 12.4. The Labute approximate surface area is 339 Å². The van der Waals surface area contributed by atoms with Crippen LogP contribution in [0, 0.1) is 35.5 Å². The predicted molar refractivity (Wildman–Crippen MR) is 228 cm³/mol. The van der Waals surface area contributed by atoms with Gasteiger partial charge in [-0.2, -0.15) is 0 Å². The van der Waals surface area contributed by atoms with Gasteiger partial charge in [-0.1, -0.05) is 77.6 Å². The number of methoxy groups -OCH3 is 1. The van der Waals surface area contributed by atoms with Crippen molar-refractivity contribution in [3.63, 3.8) is 0 Å². The van der Waals surface area contributed by atoms with E-state index in [0.717, 1.165) is 85.6 Å². The van der Waals surface area contributed by atoms with Crippen molar-refractivity contribution in [1.82, 2.24) is 35.1 Å². The first-order chi connectivity index (χ1) is 27.8. The number of aromatic amines is 2. The van der Waals surface area contributed by atoms with Crippen LogP contribution in [0.1, 0.15) is 102 Å². The number of hydrogen-bond donors (Lipinski definition) is 3. The maximum atomic E-state index is 13.9. The van der Waals surface area contributed by atoms with Crippen LogP contribution in [0.2, 0.25) is 0 Å². The average molecular weight is 780 g/mol. The average Bonchev–Trinajstić information content (AvgIpc) is 3.49. The maximum Gasteiger partial charge on any atom is 0.407 e. The topological polar surface area (TPSA) is 136 Å². The van der Waals surface area contributed by atoms with Crippen molar-refractivity contribution in [3.8, 4) is 11.8 Å². The number of benzene rings is 4. The number of carbonyl (C=O) groups is 3. The predicted octanol–water partition coefficient (Wildman–Crippen LogP) is 8.78. The van der Waals surface area contributed by atoms with E-state index < -0.39 is 12.1 Å². The number of aromatic nitrogens is 4. The number of imidazole rings is 2. The Hall–Kier alpha value is -5.89. The molecule has 0 bridgehead atoms. The minimum absolute atomic E-state index is 0.0937. The van der Waals surface area contributed by atoms with Crippen LogP contribution >= 0.6 is 0 Å². The highest BCUT2D eigenvalue weighted by molar-refractivity contribution is 6.05. The van der Waals surface area contributed by atoms with E-state index in [1.54, 1.807) is 0 Å². The molecule has 3 heterocycles. The van der Waals surface area contributed by atoms with E-state index in [1.807, 2.05) is 48.9 Å². The van der Waals surface area contributed by atoms with E-state index in [0.29, 0.717) is 18.3 Å². The summed E-state index contributed by atoms with van der Waals surface area (Å²) >= 11 is 0. The molecule has 1 saturated heterocycles. The van der Waals surface area contributed by atoms with Gasteiger partial charge in [-0.05, 0) is 90.1 Å². The highest BCUT2D eigenvalue weighted by atomic mass is 16.5. The molecule has 0 spiro atoms. The molecule has 5 atom stereocenters. The molecule has 300 valence electrons. The molecule has 1 saturated carbocycles. The van der Waals surface area contributed by atoms with Gasteiger partial charge in [0.05, 0.1) is 41.3 Å². The maximum absolute atomic E-state index is 13.9. The van der Waals surface area contributed by atoms with E-state index in [9.17, 15) is 14.4 Å². The second kappa shape index (κ2) is 15.5. The summed E-state index contributed by atoms with van der Waals surface area (Å²) in [6, 6.07) is 19.9. The van der Waals surface area contributed by atoms with Gasteiger partial charge in [0.1, 0.15) is 17.7 Å². The molecule has 2 aliphatic rings. The van der Waals surface area contributed by atoms with Gasteiger partial charge in [0.25, 0.3) is 0 Å². The van der Waals surface area contributed by atoms with Gasteiger partial charge in [0.2, 0.25) is 11.8 Å². The zero-order chi connectivity index (χ0) is 41.0. The minimum Gasteiger partial charge on any atom is -0.453 e. The van der Waals surface area contributed by atoms with E-state index in [1.165, 1.54) is 7.11 Å². The van der Waals surface area contributed by atoms with Crippen LogP contribution in [0.4, 0.5) is 4.79 Å². The Balaban J connectivity index is 1.03. The minimum atomic E-state index is -0.678. The van der Waals surface area contributed by atoms with Gasteiger partial charge in [-0.3, -0.25) is 9.59 Å². The zero-order valence-electron chi connectivity index (χ0n) is 34.6. The molecule has 6 aromatic rings. The van der Waals surface area contributed by atoms with Crippen LogP contribution in [0.25, 0.3) is 43.6 Å². The summed E-state index contributed by atoms with van der Waals surface area (Å²) in [5.74, 6) is 9.40. The Kier molecular flexibility index (Phi) is 10.4. The lowest BCUT2D eigenvalue weighted by atomic mass is 10.0. The van der Waals surface area contributed by atoms with Crippen LogP contribution in [0.15, 0.2) is 60.7 Å². The van der Waals surface area contributed by atoms with Crippen LogP contribution < -0.4 is 5.32 Å². The fraction of sp³-hybridized carbons (Fsp3) is 0.426. The summed E-state index contributed by atoms with van der Waals surface area (Å²) < 4.78 is 4.82. The molecule has 1 aliphatic carbocycles. The van der Waals surface area contributed by atoms with Gasteiger partial charge < -0.3 is 29.8 Å². The van der Waals surface area contributed by atoms with Gasteiger partial charge in [0, 0.05) is 41.4 Å². The number of ether oxygens (including phenoxy) is 1. The van der Waals surface area contributed by atoms with Gasteiger partial charge in [-0.25, -0.2) is 14.8 Å². The molecule has 3 amide bonds. The molecule has 11 heteroatoms. The van der Waals surface area contributed by atoms with E-state index in [2.05, 4.69) is 97.3 Å². The number of nitrogens with one attached hydrogen (secondary N) is 3. The summed E-state index contributed by atoms with van der Waals surface area (Å²) in [5, 5.41) is 6.89. The highest BCUT2D eigenvalue weighted by Crippen LogP contribution is 2.53.